The number of fused-ring (bicyclic) bond motifs is 3. The summed E-state index contributed by atoms with van der Waals surface area (Å²) in [7, 11) is 0. The Labute approximate surface area is 140 Å². The molecule has 2 N–H and O–H groups in total. The van der Waals surface area contributed by atoms with Crippen LogP contribution in [0.25, 0.3) is 21.9 Å². The predicted octanol–water partition coefficient (Wildman–Crippen LogP) is 4.71. The summed E-state index contributed by atoms with van der Waals surface area (Å²) in [6.45, 7) is 2.13. The average Bonchev–Trinajstić information content (AvgIpc) is 2.95. The van der Waals surface area contributed by atoms with Gasteiger partial charge in [0.2, 0.25) is 0 Å². The lowest BCUT2D eigenvalue weighted by molar-refractivity contribution is 0.875. The third kappa shape index (κ3) is 2.73. The van der Waals surface area contributed by atoms with Crippen LogP contribution in [0.4, 0.5) is 5.82 Å². The van der Waals surface area contributed by atoms with Gasteiger partial charge in [0.1, 0.15) is 17.4 Å². The van der Waals surface area contributed by atoms with Crippen LogP contribution in [0.1, 0.15) is 18.5 Å². The van der Waals surface area contributed by atoms with Crippen molar-refractivity contribution in [3.63, 3.8) is 0 Å². The SMILES string of the molecule is C[C@H](Nc1ncnc2c1[nH]c1ccccc12)c1ccccc1.Cl. The molecule has 0 amide bonds. The number of halogens is 1. The smallest absolute Gasteiger partial charge is 0.154 e. The van der Waals surface area contributed by atoms with Crippen molar-refractivity contribution in [2.75, 3.05) is 5.32 Å². The molecule has 0 spiro atoms. The summed E-state index contributed by atoms with van der Waals surface area (Å²) in [5.41, 5.74) is 4.21. The molecule has 0 saturated heterocycles. The van der Waals surface area contributed by atoms with E-state index in [0.29, 0.717) is 0 Å². The first-order valence-corrected chi connectivity index (χ1v) is 7.36. The normalized spacial score (nSPS) is 12.0. The topological polar surface area (TPSA) is 53.6 Å². The van der Waals surface area contributed by atoms with E-state index in [9.17, 15) is 0 Å². The van der Waals surface area contributed by atoms with Crippen LogP contribution in [-0.2, 0) is 0 Å². The van der Waals surface area contributed by atoms with E-state index in [0.717, 1.165) is 27.8 Å². The Morgan fingerprint density at radius 2 is 1.70 bits per heavy atom. The number of benzene rings is 2. The lowest BCUT2D eigenvalue weighted by Crippen LogP contribution is -2.08. The summed E-state index contributed by atoms with van der Waals surface area (Å²) in [5.74, 6) is 0.831. The van der Waals surface area contributed by atoms with E-state index in [1.54, 1.807) is 6.33 Å². The van der Waals surface area contributed by atoms with Gasteiger partial charge in [-0.3, -0.25) is 0 Å². The Kier molecular flexibility index (Phi) is 4.17. The van der Waals surface area contributed by atoms with Crippen molar-refractivity contribution in [2.24, 2.45) is 0 Å². The van der Waals surface area contributed by atoms with Crippen molar-refractivity contribution in [1.29, 1.82) is 0 Å². The van der Waals surface area contributed by atoms with Gasteiger partial charge in [-0.2, -0.15) is 0 Å². The Morgan fingerprint density at radius 1 is 0.957 bits per heavy atom. The van der Waals surface area contributed by atoms with Crippen LogP contribution in [0.2, 0.25) is 0 Å². The van der Waals surface area contributed by atoms with Crippen molar-refractivity contribution >= 4 is 40.2 Å². The molecular weight excluding hydrogens is 308 g/mol. The molecule has 0 fully saturated rings. The maximum absolute atomic E-state index is 4.43. The molecule has 0 aliphatic rings. The van der Waals surface area contributed by atoms with Gasteiger partial charge in [0.15, 0.2) is 5.82 Å². The zero-order valence-electron chi connectivity index (χ0n) is 12.7. The number of rotatable bonds is 3. The molecule has 2 aromatic carbocycles. The molecule has 23 heavy (non-hydrogen) atoms. The second-order valence-corrected chi connectivity index (χ2v) is 5.39. The number of aromatic amines is 1. The molecule has 0 bridgehead atoms. The number of H-pyrrole nitrogens is 1. The van der Waals surface area contributed by atoms with Crippen LogP contribution in [0.15, 0.2) is 60.9 Å². The Balaban J connectivity index is 0.00000156. The average molecular weight is 325 g/mol. The minimum atomic E-state index is 0. The highest BCUT2D eigenvalue weighted by Gasteiger charge is 2.12. The van der Waals surface area contributed by atoms with E-state index >= 15 is 0 Å². The lowest BCUT2D eigenvalue weighted by Gasteiger charge is -2.15. The minimum absolute atomic E-state index is 0. The standard InChI is InChI=1S/C18H16N4.ClH/c1-12(13-7-3-2-4-8-13)21-18-17-16(19-11-20-18)14-9-5-6-10-15(14)22-17;/h2-12,22H,1H3,(H,19,20,21);1H/t12-;/m0./s1. The second-order valence-electron chi connectivity index (χ2n) is 5.39. The largest absolute Gasteiger partial charge is 0.362 e. The monoisotopic (exact) mass is 324 g/mol. The number of hydrogen-bond donors (Lipinski definition) is 2. The molecular formula is C18H17ClN4. The van der Waals surface area contributed by atoms with Gasteiger partial charge in [-0.25, -0.2) is 9.97 Å². The van der Waals surface area contributed by atoms with Crippen LogP contribution >= 0.6 is 12.4 Å². The van der Waals surface area contributed by atoms with Gasteiger partial charge in [-0.1, -0.05) is 48.5 Å². The third-order valence-corrected chi connectivity index (χ3v) is 3.94. The van der Waals surface area contributed by atoms with Gasteiger partial charge in [-0.15, -0.1) is 12.4 Å². The molecule has 4 nitrogen and oxygen atoms in total. The van der Waals surface area contributed by atoms with Gasteiger partial charge in [0.05, 0.1) is 6.04 Å². The van der Waals surface area contributed by atoms with Gasteiger partial charge in [0, 0.05) is 10.9 Å². The zero-order valence-corrected chi connectivity index (χ0v) is 13.5. The van der Waals surface area contributed by atoms with Crippen LogP contribution in [0.5, 0.6) is 0 Å². The van der Waals surface area contributed by atoms with Gasteiger partial charge in [0.25, 0.3) is 0 Å². The summed E-state index contributed by atoms with van der Waals surface area (Å²) in [6, 6.07) is 18.7. The van der Waals surface area contributed by atoms with Crippen LogP contribution in [-0.4, -0.2) is 15.0 Å². The van der Waals surface area contributed by atoms with Crippen LogP contribution in [0, 0.1) is 0 Å². The number of aromatic nitrogens is 3. The fourth-order valence-corrected chi connectivity index (χ4v) is 2.78. The molecule has 0 radical (unpaired) electrons. The van der Waals surface area contributed by atoms with Crippen molar-refractivity contribution in [1.82, 2.24) is 15.0 Å². The zero-order chi connectivity index (χ0) is 14.9. The molecule has 0 saturated carbocycles. The number of nitrogens with one attached hydrogen (secondary N) is 2. The molecule has 4 rings (SSSR count). The van der Waals surface area contributed by atoms with Crippen LogP contribution in [0.3, 0.4) is 0 Å². The summed E-state index contributed by atoms with van der Waals surface area (Å²) < 4.78 is 0. The highest BCUT2D eigenvalue weighted by atomic mass is 35.5. The van der Waals surface area contributed by atoms with Crippen molar-refractivity contribution < 1.29 is 0 Å². The predicted molar refractivity (Wildman–Crippen MR) is 97.1 cm³/mol. The summed E-state index contributed by atoms with van der Waals surface area (Å²) in [4.78, 5) is 12.3. The van der Waals surface area contributed by atoms with E-state index in [4.69, 9.17) is 0 Å². The van der Waals surface area contributed by atoms with Gasteiger partial charge < -0.3 is 10.3 Å². The molecule has 116 valence electrons. The molecule has 5 heteroatoms. The summed E-state index contributed by atoms with van der Waals surface area (Å²) in [5, 5.41) is 4.60. The fourth-order valence-electron chi connectivity index (χ4n) is 2.78. The number of anilines is 1. The maximum Gasteiger partial charge on any atom is 0.154 e. The van der Waals surface area contributed by atoms with E-state index in [1.807, 2.05) is 30.3 Å². The highest BCUT2D eigenvalue weighted by Crippen LogP contribution is 2.28. The molecule has 4 aromatic rings. The number of nitrogens with zero attached hydrogens (tertiary/aromatic N) is 2. The van der Waals surface area contributed by atoms with E-state index in [2.05, 4.69) is 51.5 Å². The van der Waals surface area contributed by atoms with E-state index < -0.39 is 0 Å². The fraction of sp³-hybridized carbons (Fsp3) is 0.111. The first-order valence-electron chi connectivity index (χ1n) is 7.36. The van der Waals surface area contributed by atoms with Crippen LogP contribution < -0.4 is 5.32 Å². The van der Waals surface area contributed by atoms with Gasteiger partial charge in [-0.05, 0) is 18.6 Å². The third-order valence-electron chi connectivity index (χ3n) is 3.94. The lowest BCUT2D eigenvalue weighted by atomic mass is 10.1. The molecule has 1 atom stereocenters. The minimum Gasteiger partial charge on any atom is -0.362 e. The molecule has 0 unspecified atom stereocenters. The number of hydrogen-bond acceptors (Lipinski definition) is 3. The molecule has 0 aliphatic heterocycles. The Bertz CT molecular complexity index is 933. The Hall–Kier alpha value is -2.59. The van der Waals surface area contributed by atoms with Crippen molar-refractivity contribution in [3.8, 4) is 0 Å². The van der Waals surface area contributed by atoms with Crippen molar-refractivity contribution in [2.45, 2.75) is 13.0 Å². The summed E-state index contributed by atoms with van der Waals surface area (Å²) in [6.07, 6.45) is 1.61. The molecule has 2 aromatic heterocycles. The van der Waals surface area contributed by atoms with Crippen molar-refractivity contribution in [3.05, 3.63) is 66.5 Å². The molecule has 0 aliphatic carbocycles. The van der Waals surface area contributed by atoms with E-state index in [1.165, 1.54) is 5.56 Å². The Morgan fingerprint density at radius 3 is 2.52 bits per heavy atom. The summed E-state index contributed by atoms with van der Waals surface area (Å²) >= 11 is 0. The first-order chi connectivity index (χ1) is 10.8. The quantitative estimate of drug-likeness (QED) is 0.574. The van der Waals surface area contributed by atoms with E-state index in [-0.39, 0.29) is 18.4 Å². The van der Waals surface area contributed by atoms with Gasteiger partial charge >= 0.3 is 0 Å². The second kappa shape index (κ2) is 6.26. The molecule has 2 heterocycles. The first kappa shape index (κ1) is 15.3. The highest BCUT2D eigenvalue weighted by molar-refractivity contribution is 6.07. The maximum atomic E-state index is 4.43. The number of para-hydroxylation sites is 1.